The highest BCUT2D eigenvalue weighted by Crippen LogP contribution is 2.36. The normalized spacial score (nSPS) is 21.6. The van der Waals surface area contributed by atoms with Crippen molar-refractivity contribution in [2.24, 2.45) is 5.92 Å². The Morgan fingerprint density at radius 1 is 1.02 bits per heavy atom. The van der Waals surface area contributed by atoms with Gasteiger partial charge in [-0.15, -0.1) is 0 Å². The molecule has 1 saturated carbocycles. The van der Waals surface area contributed by atoms with E-state index in [1.54, 1.807) is 29.2 Å². The van der Waals surface area contributed by atoms with Crippen LogP contribution in [0.25, 0.3) is 16.6 Å². The van der Waals surface area contributed by atoms with Crippen molar-refractivity contribution in [2.75, 3.05) is 25.0 Å². The summed E-state index contributed by atoms with van der Waals surface area (Å²) in [6.07, 6.45) is 13.9. The fourth-order valence-electron chi connectivity index (χ4n) is 8.07. The molecule has 1 atom stereocenters. The first-order valence-corrected chi connectivity index (χ1v) is 18.9. The van der Waals surface area contributed by atoms with Crippen LogP contribution >= 0.6 is 0 Å². The zero-order chi connectivity index (χ0) is 36.5. The van der Waals surface area contributed by atoms with Crippen LogP contribution in [0.15, 0.2) is 67.3 Å². The number of benzene rings is 2. The van der Waals surface area contributed by atoms with E-state index in [4.69, 9.17) is 14.6 Å². The number of fused-ring (bicyclic) bond motifs is 2. The quantitative estimate of drug-likeness (QED) is 0.168. The molecule has 3 aliphatic rings. The fraction of sp³-hybridized carbons (Fsp3) is 0.450. The molecule has 3 fully saturated rings. The van der Waals surface area contributed by atoms with Crippen LogP contribution in [0, 0.1) is 5.92 Å². The average Bonchev–Trinajstić information content (AvgIpc) is 3.77. The minimum atomic E-state index is -0.615. The van der Waals surface area contributed by atoms with Crippen LogP contribution < -0.4 is 20.1 Å². The molecular weight excluding hydrogens is 672 g/mol. The van der Waals surface area contributed by atoms with Crippen LogP contribution in [0.2, 0.25) is 0 Å². The SMILES string of the molecule is CC(C)Oc1cc2nn(C3CCC(CN4CCC(c5ccc(OC6CCC(=O)NC6=O)cc5)CC4)CC3)cc2cc1C(=O)Nc1cnn2cccnc12. The minimum absolute atomic E-state index is 0.110. The lowest BCUT2D eigenvalue weighted by molar-refractivity contribution is -0.138. The second kappa shape index (κ2) is 15.0. The number of rotatable bonds is 10. The number of nitrogens with zero attached hydrogens (tertiary/aromatic N) is 6. The predicted molar refractivity (Wildman–Crippen MR) is 199 cm³/mol. The standard InChI is InChI=1S/C40H46N8O5/c1-25(2)52-36-21-33-29(20-32(36)39(50)43-34-22-42-47-17-3-16-41-38(34)47)24-48(45-33)30-8-4-26(5-9-30)23-46-18-14-28(15-19-46)27-6-10-31(11-7-27)53-35-12-13-37(49)44-40(35)51/h3,6-7,10-11,16-17,20-22,24-26,28,30,35H,4-5,8-9,12-15,18-19,23H2,1-2H3,(H,43,50)(H,44,49,51). The Labute approximate surface area is 308 Å². The first-order valence-electron chi connectivity index (χ1n) is 18.9. The summed E-state index contributed by atoms with van der Waals surface area (Å²) in [6, 6.07) is 14.0. The van der Waals surface area contributed by atoms with Gasteiger partial charge in [0, 0.05) is 49.4 Å². The van der Waals surface area contributed by atoms with Crippen molar-refractivity contribution < 1.29 is 23.9 Å². The van der Waals surface area contributed by atoms with E-state index in [1.807, 2.05) is 38.1 Å². The van der Waals surface area contributed by atoms with Crippen LogP contribution in [0.1, 0.15) is 93.1 Å². The van der Waals surface area contributed by atoms with Crippen LogP contribution in [0.4, 0.5) is 5.69 Å². The minimum Gasteiger partial charge on any atom is -0.490 e. The summed E-state index contributed by atoms with van der Waals surface area (Å²) in [4.78, 5) is 44.1. The molecule has 5 heterocycles. The molecule has 0 bridgehead atoms. The van der Waals surface area contributed by atoms with E-state index >= 15 is 0 Å². The molecule has 0 radical (unpaired) electrons. The lowest BCUT2D eigenvalue weighted by Crippen LogP contribution is -2.46. The van der Waals surface area contributed by atoms with Crippen LogP contribution in [0.5, 0.6) is 11.5 Å². The second-order valence-electron chi connectivity index (χ2n) is 15.0. The molecule has 3 amide bonds. The Morgan fingerprint density at radius 2 is 1.81 bits per heavy atom. The van der Waals surface area contributed by atoms with Gasteiger partial charge in [-0.2, -0.15) is 10.2 Å². The van der Waals surface area contributed by atoms with Gasteiger partial charge in [0.2, 0.25) is 5.91 Å². The van der Waals surface area contributed by atoms with Crippen molar-refractivity contribution in [3.05, 3.63) is 78.4 Å². The smallest absolute Gasteiger partial charge is 0.267 e. The van der Waals surface area contributed by atoms with E-state index in [9.17, 15) is 14.4 Å². The van der Waals surface area contributed by atoms with Crippen LogP contribution in [-0.2, 0) is 9.59 Å². The van der Waals surface area contributed by atoms with Crippen LogP contribution in [-0.4, -0.2) is 78.8 Å². The number of piperidine rings is 2. The zero-order valence-electron chi connectivity index (χ0n) is 30.2. The lowest BCUT2D eigenvalue weighted by atomic mass is 9.84. The number of hydrogen-bond acceptors (Lipinski definition) is 9. The molecule has 1 unspecified atom stereocenters. The van der Waals surface area contributed by atoms with Crippen molar-refractivity contribution in [2.45, 2.75) is 89.4 Å². The predicted octanol–water partition coefficient (Wildman–Crippen LogP) is 5.91. The molecule has 13 heteroatoms. The van der Waals surface area contributed by atoms with Crippen molar-refractivity contribution in [3.63, 3.8) is 0 Å². The number of ether oxygens (including phenoxy) is 2. The molecular formula is C40H46N8O5. The third-order valence-electron chi connectivity index (χ3n) is 10.9. The fourth-order valence-corrected chi connectivity index (χ4v) is 8.07. The maximum absolute atomic E-state index is 13.6. The van der Waals surface area contributed by atoms with Gasteiger partial charge in [0.1, 0.15) is 17.2 Å². The topological polar surface area (TPSA) is 145 Å². The molecule has 5 aromatic rings. The van der Waals surface area contributed by atoms with Gasteiger partial charge in [0.15, 0.2) is 11.8 Å². The van der Waals surface area contributed by atoms with Gasteiger partial charge >= 0.3 is 0 Å². The van der Waals surface area contributed by atoms with Crippen molar-refractivity contribution >= 4 is 40.0 Å². The maximum Gasteiger partial charge on any atom is 0.267 e. The Hall–Kier alpha value is -5.30. The number of imide groups is 1. The number of hydrogen-bond donors (Lipinski definition) is 2. The molecule has 0 spiro atoms. The summed E-state index contributed by atoms with van der Waals surface area (Å²) in [7, 11) is 0. The van der Waals surface area contributed by atoms with Gasteiger partial charge in [0.05, 0.1) is 29.4 Å². The summed E-state index contributed by atoms with van der Waals surface area (Å²) < 4.78 is 15.7. The molecule has 53 heavy (non-hydrogen) atoms. The molecule has 2 saturated heterocycles. The molecule has 2 aromatic carbocycles. The molecule has 2 aliphatic heterocycles. The van der Waals surface area contributed by atoms with E-state index in [-0.39, 0.29) is 23.8 Å². The average molecular weight is 719 g/mol. The van der Waals surface area contributed by atoms with E-state index in [2.05, 4.69) is 48.6 Å². The van der Waals surface area contributed by atoms with Gasteiger partial charge in [0.25, 0.3) is 11.8 Å². The van der Waals surface area contributed by atoms with Gasteiger partial charge in [-0.3, -0.25) is 24.4 Å². The van der Waals surface area contributed by atoms with Crippen LogP contribution in [0.3, 0.4) is 0 Å². The number of aromatic nitrogens is 5. The van der Waals surface area contributed by atoms with E-state index in [0.29, 0.717) is 59.1 Å². The number of carbonyl (C=O) groups excluding carboxylic acids is 3. The highest BCUT2D eigenvalue weighted by atomic mass is 16.5. The van der Waals surface area contributed by atoms with Crippen molar-refractivity contribution in [3.8, 4) is 11.5 Å². The summed E-state index contributed by atoms with van der Waals surface area (Å²) >= 11 is 0. The summed E-state index contributed by atoms with van der Waals surface area (Å²) in [5, 5.41) is 15.5. The highest BCUT2D eigenvalue weighted by Gasteiger charge is 2.30. The zero-order valence-corrected chi connectivity index (χ0v) is 30.2. The van der Waals surface area contributed by atoms with Crippen molar-refractivity contribution in [1.82, 2.24) is 34.6 Å². The molecule has 276 valence electrons. The van der Waals surface area contributed by atoms with Gasteiger partial charge in [-0.25, -0.2) is 9.50 Å². The number of nitrogens with one attached hydrogen (secondary N) is 2. The Kier molecular flexibility index (Phi) is 9.82. The molecule has 2 N–H and O–H groups in total. The third kappa shape index (κ3) is 7.75. The highest BCUT2D eigenvalue weighted by molar-refractivity contribution is 6.09. The summed E-state index contributed by atoms with van der Waals surface area (Å²) in [5.74, 6) is 1.48. The molecule has 3 aromatic heterocycles. The summed E-state index contributed by atoms with van der Waals surface area (Å²) in [6.45, 7) is 7.21. The lowest BCUT2D eigenvalue weighted by Gasteiger charge is -2.36. The molecule has 13 nitrogen and oxygen atoms in total. The van der Waals surface area contributed by atoms with Gasteiger partial charge in [-0.05, 0) is 107 Å². The monoisotopic (exact) mass is 718 g/mol. The van der Waals surface area contributed by atoms with E-state index < -0.39 is 6.10 Å². The van der Waals surface area contributed by atoms with Crippen molar-refractivity contribution in [1.29, 1.82) is 0 Å². The number of likely N-dealkylation sites (tertiary alicyclic amines) is 1. The summed E-state index contributed by atoms with van der Waals surface area (Å²) in [5.41, 5.74) is 3.69. The number of carbonyl (C=O) groups is 3. The van der Waals surface area contributed by atoms with E-state index in [1.165, 1.54) is 18.4 Å². The first-order chi connectivity index (χ1) is 25.8. The Balaban J connectivity index is 0.842. The largest absolute Gasteiger partial charge is 0.490 e. The van der Waals surface area contributed by atoms with Gasteiger partial charge in [-0.1, -0.05) is 12.1 Å². The van der Waals surface area contributed by atoms with Gasteiger partial charge < -0.3 is 19.7 Å². The maximum atomic E-state index is 13.6. The number of anilines is 1. The molecule has 1 aliphatic carbocycles. The first kappa shape index (κ1) is 34.8. The Bertz CT molecular complexity index is 2110. The third-order valence-corrected chi connectivity index (χ3v) is 10.9. The van der Waals surface area contributed by atoms with E-state index in [0.717, 1.165) is 56.2 Å². The Morgan fingerprint density at radius 3 is 2.57 bits per heavy atom. The molecule has 8 rings (SSSR count). The second-order valence-corrected chi connectivity index (χ2v) is 15.0. The number of amides is 3.